The predicted molar refractivity (Wildman–Crippen MR) is 73.8 cm³/mol. The topological polar surface area (TPSA) is 27.7 Å². The lowest BCUT2D eigenvalue weighted by atomic mass is 10.1. The molecule has 0 saturated heterocycles. The first-order valence-electron chi connectivity index (χ1n) is 6.04. The molecule has 1 aliphatic heterocycles. The van der Waals surface area contributed by atoms with Crippen LogP contribution < -0.4 is 4.74 Å². The number of ether oxygens (including phenoxy) is 3. The maximum Gasteiger partial charge on any atom is 0.172 e. The maximum absolute atomic E-state index is 5.96. The molecule has 2 aromatic rings. The zero-order valence-corrected chi connectivity index (χ0v) is 10.8. The minimum atomic E-state index is 0.683. The smallest absolute Gasteiger partial charge is 0.172 e. The number of rotatable bonds is 2. The molecule has 0 aliphatic carbocycles. The van der Waals surface area contributed by atoms with Crippen LogP contribution in [0.5, 0.6) is 11.5 Å². The fraction of sp³-hybridized carbons (Fsp3) is 0.125. The molecule has 0 unspecified atom stereocenters. The normalized spacial score (nSPS) is 12.9. The molecule has 0 saturated carbocycles. The van der Waals surface area contributed by atoms with E-state index in [1.807, 2.05) is 48.5 Å². The summed E-state index contributed by atoms with van der Waals surface area (Å²) in [5, 5.41) is 0. The minimum absolute atomic E-state index is 0.683. The monoisotopic (exact) mass is 254 g/mol. The van der Waals surface area contributed by atoms with E-state index in [0.717, 1.165) is 22.6 Å². The third-order valence-corrected chi connectivity index (χ3v) is 3.10. The number of fused-ring (bicyclic) bond motifs is 2. The van der Waals surface area contributed by atoms with Crippen LogP contribution in [0.4, 0.5) is 0 Å². The second kappa shape index (κ2) is 4.69. The van der Waals surface area contributed by atoms with Crippen molar-refractivity contribution in [2.45, 2.75) is 0 Å². The lowest BCUT2D eigenvalue weighted by molar-refractivity contribution is 0.329. The van der Waals surface area contributed by atoms with Crippen molar-refractivity contribution < 1.29 is 14.2 Å². The van der Waals surface area contributed by atoms with Crippen LogP contribution in [-0.4, -0.2) is 14.2 Å². The lowest BCUT2D eigenvalue weighted by Gasteiger charge is -2.11. The van der Waals surface area contributed by atoms with E-state index in [0.29, 0.717) is 11.5 Å². The summed E-state index contributed by atoms with van der Waals surface area (Å²) in [5.74, 6) is 2.89. The van der Waals surface area contributed by atoms with Gasteiger partial charge in [0, 0.05) is 0 Å². The first kappa shape index (κ1) is 11.7. The van der Waals surface area contributed by atoms with Gasteiger partial charge in [-0.3, -0.25) is 0 Å². The molecule has 96 valence electrons. The second-order valence-electron chi connectivity index (χ2n) is 4.16. The fourth-order valence-corrected chi connectivity index (χ4v) is 2.25. The van der Waals surface area contributed by atoms with Crippen molar-refractivity contribution in [1.29, 1.82) is 0 Å². The fourth-order valence-electron chi connectivity index (χ4n) is 2.25. The minimum Gasteiger partial charge on any atom is -0.492 e. The van der Waals surface area contributed by atoms with Gasteiger partial charge in [0.15, 0.2) is 11.5 Å². The molecule has 0 fully saturated rings. The van der Waals surface area contributed by atoms with Gasteiger partial charge < -0.3 is 14.2 Å². The highest BCUT2D eigenvalue weighted by atomic mass is 16.5. The highest BCUT2D eigenvalue weighted by Crippen LogP contribution is 2.42. The van der Waals surface area contributed by atoms with Crippen LogP contribution in [-0.2, 0) is 9.47 Å². The zero-order chi connectivity index (χ0) is 13.2. The largest absolute Gasteiger partial charge is 0.492 e. The number of para-hydroxylation sites is 2. The molecule has 0 radical (unpaired) electrons. The number of methoxy groups -OCH3 is 2. The van der Waals surface area contributed by atoms with Gasteiger partial charge >= 0.3 is 0 Å². The highest BCUT2D eigenvalue weighted by Gasteiger charge is 2.24. The highest BCUT2D eigenvalue weighted by molar-refractivity contribution is 5.89. The quantitative estimate of drug-likeness (QED) is 0.813. The van der Waals surface area contributed by atoms with Crippen LogP contribution in [0.2, 0.25) is 0 Å². The Morgan fingerprint density at radius 3 is 1.53 bits per heavy atom. The summed E-state index contributed by atoms with van der Waals surface area (Å²) in [5.41, 5.74) is 1.77. The Labute approximate surface area is 112 Å². The molecule has 0 atom stereocenters. The van der Waals surface area contributed by atoms with Gasteiger partial charge in [0.05, 0.1) is 25.3 Å². The van der Waals surface area contributed by atoms with Gasteiger partial charge in [-0.05, 0) is 24.3 Å². The van der Waals surface area contributed by atoms with Crippen molar-refractivity contribution in [2.75, 3.05) is 14.2 Å². The van der Waals surface area contributed by atoms with Gasteiger partial charge in [-0.25, -0.2) is 0 Å². The summed E-state index contributed by atoms with van der Waals surface area (Å²) in [6.07, 6.45) is 0. The Bertz CT molecular complexity index is 588. The Hall–Kier alpha value is -2.42. The van der Waals surface area contributed by atoms with Crippen molar-refractivity contribution in [2.24, 2.45) is 0 Å². The Morgan fingerprint density at radius 1 is 0.684 bits per heavy atom. The predicted octanol–water partition coefficient (Wildman–Crippen LogP) is 3.91. The second-order valence-corrected chi connectivity index (χ2v) is 4.16. The van der Waals surface area contributed by atoms with E-state index in [2.05, 4.69) is 0 Å². The van der Waals surface area contributed by atoms with E-state index in [4.69, 9.17) is 14.2 Å². The van der Waals surface area contributed by atoms with Crippen molar-refractivity contribution in [3.63, 3.8) is 0 Å². The lowest BCUT2D eigenvalue weighted by Crippen LogP contribution is -1.95. The molecule has 3 rings (SSSR count). The third-order valence-electron chi connectivity index (χ3n) is 3.10. The van der Waals surface area contributed by atoms with Gasteiger partial charge in [0.2, 0.25) is 0 Å². The van der Waals surface area contributed by atoms with Crippen LogP contribution in [0.25, 0.3) is 11.5 Å². The van der Waals surface area contributed by atoms with E-state index in [9.17, 15) is 0 Å². The summed E-state index contributed by atoms with van der Waals surface area (Å²) >= 11 is 0. The molecular formula is C16H14O3. The van der Waals surface area contributed by atoms with E-state index >= 15 is 0 Å². The molecule has 3 heteroatoms. The van der Waals surface area contributed by atoms with E-state index < -0.39 is 0 Å². The standard InChI is InChI=1S/C16H14O3/c1-17-15-11-7-3-5-9-13(11)19-14-10-6-4-8-12(14)16(15)18-2/h3-10H,1-2H3. The van der Waals surface area contributed by atoms with Gasteiger partial charge in [-0.15, -0.1) is 0 Å². The Kier molecular flexibility index (Phi) is 2.88. The first-order chi connectivity index (χ1) is 9.35. The molecule has 1 heterocycles. The number of hydrogen-bond donors (Lipinski definition) is 0. The van der Waals surface area contributed by atoms with Crippen LogP contribution in [0.15, 0.2) is 48.5 Å². The van der Waals surface area contributed by atoms with E-state index in [1.54, 1.807) is 14.2 Å². The van der Waals surface area contributed by atoms with Crippen molar-refractivity contribution in [3.05, 3.63) is 59.7 Å². The van der Waals surface area contributed by atoms with Crippen LogP contribution >= 0.6 is 0 Å². The average Bonchev–Trinajstić information content (AvgIpc) is 2.60. The van der Waals surface area contributed by atoms with Crippen molar-refractivity contribution in [3.8, 4) is 11.5 Å². The van der Waals surface area contributed by atoms with Gasteiger partial charge in [-0.2, -0.15) is 0 Å². The Morgan fingerprint density at radius 2 is 1.11 bits per heavy atom. The van der Waals surface area contributed by atoms with Crippen LogP contribution in [0.3, 0.4) is 0 Å². The molecule has 1 aliphatic rings. The zero-order valence-electron chi connectivity index (χ0n) is 10.8. The van der Waals surface area contributed by atoms with Crippen molar-refractivity contribution in [1.82, 2.24) is 0 Å². The van der Waals surface area contributed by atoms with Crippen LogP contribution in [0.1, 0.15) is 11.1 Å². The molecule has 19 heavy (non-hydrogen) atoms. The maximum atomic E-state index is 5.96. The van der Waals surface area contributed by atoms with Gasteiger partial charge in [0.25, 0.3) is 0 Å². The van der Waals surface area contributed by atoms with Crippen LogP contribution in [0, 0.1) is 0 Å². The summed E-state index contributed by atoms with van der Waals surface area (Å²) < 4.78 is 17.0. The molecule has 0 spiro atoms. The Balaban J connectivity index is 2.34. The van der Waals surface area contributed by atoms with E-state index in [1.165, 1.54) is 0 Å². The van der Waals surface area contributed by atoms with E-state index in [-0.39, 0.29) is 0 Å². The third kappa shape index (κ3) is 1.83. The average molecular weight is 254 g/mol. The molecule has 0 aromatic heterocycles. The van der Waals surface area contributed by atoms with Gasteiger partial charge in [0.1, 0.15) is 11.5 Å². The summed E-state index contributed by atoms with van der Waals surface area (Å²) in [6.45, 7) is 0. The SMILES string of the molecule is COC1=C(OC)c2ccccc2Oc2ccccc21. The molecule has 0 amide bonds. The number of benzene rings is 2. The van der Waals surface area contributed by atoms with Gasteiger partial charge in [-0.1, -0.05) is 24.3 Å². The summed E-state index contributed by atoms with van der Waals surface area (Å²) in [6, 6.07) is 15.5. The molecule has 0 N–H and O–H groups in total. The molecule has 0 bridgehead atoms. The first-order valence-corrected chi connectivity index (χ1v) is 6.04. The van der Waals surface area contributed by atoms with Crippen molar-refractivity contribution >= 4 is 11.5 Å². The summed E-state index contributed by atoms with van der Waals surface area (Å²) in [4.78, 5) is 0. The molecule has 2 aromatic carbocycles. The number of hydrogen-bond acceptors (Lipinski definition) is 3. The molecular weight excluding hydrogens is 240 g/mol. The molecule has 3 nitrogen and oxygen atoms in total. The summed E-state index contributed by atoms with van der Waals surface area (Å²) in [7, 11) is 3.28.